The molecule has 0 heterocycles. The molecule has 0 atom stereocenters. The Morgan fingerprint density at radius 1 is 1.05 bits per heavy atom. The monoisotopic (exact) mass is 312 g/mol. The van der Waals surface area contributed by atoms with E-state index < -0.39 is 11.5 Å². The molecular formula is C16H28N2O4. The van der Waals surface area contributed by atoms with E-state index in [0.717, 1.165) is 25.7 Å². The molecule has 126 valence electrons. The maximum absolute atomic E-state index is 12.1. The summed E-state index contributed by atoms with van der Waals surface area (Å²) < 4.78 is 0. The molecule has 1 aliphatic rings. The zero-order valence-corrected chi connectivity index (χ0v) is 13.7. The minimum atomic E-state index is -1.12. The Morgan fingerprint density at radius 2 is 1.59 bits per heavy atom. The average Bonchev–Trinajstić information content (AvgIpc) is 2.94. The van der Waals surface area contributed by atoms with Crippen molar-refractivity contribution in [1.82, 2.24) is 10.2 Å². The van der Waals surface area contributed by atoms with Gasteiger partial charge < -0.3 is 15.3 Å². The fraction of sp³-hybridized carbons (Fsp3) is 0.812. The number of nitrogens with one attached hydrogen (secondary N) is 1. The van der Waals surface area contributed by atoms with Gasteiger partial charge in [0.05, 0.1) is 0 Å². The maximum Gasteiger partial charge on any atom is 0.329 e. The van der Waals surface area contributed by atoms with Gasteiger partial charge in [-0.05, 0) is 25.7 Å². The van der Waals surface area contributed by atoms with Crippen molar-refractivity contribution in [1.29, 1.82) is 0 Å². The molecule has 0 saturated heterocycles. The number of carboxylic acids is 1. The van der Waals surface area contributed by atoms with Crippen molar-refractivity contribution in [2.24, 2.45) is 0 Å². The predicted molar refractivity (Wildman–Crippen MR) is 83.4 cm³/mol. The van der Waals surface area contributed by atoms with E-state index in [1.807, 2.05) is 13.8 Å². The third kappa shape index (κ3) is 5.00. The van der Waals surface area contributed by atoms with Crippen LogP contribution in [0.1, 0.15) is 65.2 Å². The van der Waals surface area contributed by atoms with Gasteiger partial charge in [0.1, 0.15) is 5.54 Å². The smallest absolute Gasteiger partial charge is 0.329 e. The van der Waals surface area contributed by atoms with Crippen LogP contribution >= 0.6 is 0 Å². The maximum atomic E-state index is 12.1. The average molecular weight is 312 g/mol. The van der Waals surface area contributed by atoms with Gasteiger partial charge in [-0.2, -0.15) is 0 Å². The van der Waals surface area contributed by atoms with Crippen LogP contribution in [0.2, 0.25) is 0 Å². The van der Waals surface area contributed by atoms with Crippen molar-refractivity contribution < 1.29 is 19.5 Å². The summed E-state index contributed by atoms with van der Waals surface area (Å²) in [7, 11) is 0. The Labute approximate surface area is 132 Å². The van der Waals surface area contributed by atoms with Crippen molar-refractivity contribution in [2.45, 2.75) is 70.8 Å². The molecule has 22 heavy (non-hydrogen) atoms. The minimum Gasteiger partial charge on any atom is -0.480 e. The molecule has 1 rings (SSSR count). The summed E-state index contributed by atoms with van der Waals surface area (Å²) in [6, 6.07) is 0. The molecular weight excluding hydrogens is 284 g/mol. The molecule has 0 aromatic rings. The highest BCUT2D eigenvalue weighted by atomic mass is 16.4. The first kappa shape index (κ1) is 18.5. The normalized spacial score (nSPS) is 16.3. The summed E-state index contributed by atoms with van der Waals surface area (Å²) in [5.41, 5.74) is -1.12. The molecule has 0 aromatic heterocycles. The SMILES string of the molecule is CCCN(CCC)C(=O)CCC(=O)NC1(C(=O)O)CCCC1. The Bertz CT molecular complexity index is 397. The van der Waals surface area contributed by atoms with Gasteiger partial charge in [0, 0.05) is 25.9 Å². The number of carboxylic acid groups (broad SMARTS) is 1. The number of carbonyl (C=O) groups is 3. The lowest BCUT2D eigenvalue weighted by Gasteiger charge is -2.26. The van der Waals surface area contributed by atoms with E-state index in [0.29, 0.717) is 25.9 Å². The number of nitrogens with zero attached hydrogens (tertiary/aromatic N) is 1. The second-order valence-corrected chi connectivity index (χ2v) is 6.02. The number of rotatable bonds is 9. The van der Waals surface area contributed by atoms with Crippen LogP contribution in [0.25, 0.3) is 0 Å². The van der Waals surface area contributed by atoms with Crippen molar-refractivity contribution >= 4 is 17.8 Å². The van der Waals surface area contributed by atoms with Crippen LogP contribution in [0, 0.1) is 0 Å². The summed E-state index contributed by atoms with van der Waals surface area (Å²) in [5.74, 6) is -1.34. The molecule has 1 aliphatic carbocycles. The number of amides is 2. The Hall–Kier alpha value is -1.59. The van der Waals surface area contributed by atoms with E-state index in [2.05, 4.69) is 5.32 Å². The van der Waals surface area contributed by atoms with Crippen LogP contribution in [0.15, 0.2) is 0 Å². The van der Waals surface area contributed by atoms with Crippen LogP contribution in [0.4, 0.5) is 0 Å². The summed E-state index contributed by atoms with van der Waals surface area (Å²) in [5, 5.41) is 12.0. The van der Waals surface area contributed by atoms with Crippen molar-refractivity contribution in [3.8, 4) is 0 Å². The van der Waals surface area contributed by atoms with Gasteiger partial charge in [-0.25, -0.2) is 4.79 Å². The molecule has 0 spiro atoms. The molecule has 0 unspecified atom stereocenters. The van der Waals surface area contributed by atoms with Gasteiger partial charge in [-0.1, -0.05) is 26.7 Å². The van der Waals surface area contributed by atoms with E-state index in [1.54, 1.807) is 4.90 Å². The van der Waals surface area contributed by atoms with Gasteiger partial charge in [0.25, 0.3) is 0 Å². The third-order valence-electron chi connectivity index (χ3n) is 4.15. The van der Waals surface area contributed by atoms with Gasteiger partial charge in [-0.15, -0.1) is 0 Å². The molecule has 0 aliphatic heterocycles. The van der Waals surface area contributed by atoms with Crippen molar-refractivity contribution in [2.75, 3.05) is 13.1 Å². The summed E-state index contributed by atoms with van der Waals surface area (Å²) in [6.07, 6.45) is 4.54. The lowest BCUT2D eigenvalue weighted by molar-refractivity contribution is -0.147. The van der Waals surface area contributed by atoms with Gasteiger partial charge >= 0.3 is 5.97 Å². The minimum absolute atomic E-state index is 0.0327. The highest BCUT2D eigenvalue weighted by molar-refractivity contribution is 5.89. The van der Waals surface area contributed by atoms with Gasteiger partial charge in [0.2, 0.25) is 11.8 Å². The van der Waals surface area contributed by atoms with E-state index in [1.165, 1.54) is 0 Å². The highest BCUT2D eigenvalue weighted by Gasteiger charge is 2.42. The molecule has 6 heteroatoms. The van der Waals surface area contributed by atoms with E-state index in [-0.39, 0.29) is 24.7 Å². The zero-order valence-electron chi connectivity index (χ0n) is 13.7. The molecule has 0 bridgehead atoms. The van der Waals surface area contributed by atoms with Crippen molar-refractivity contribution in [3.63, 3.8) is 0 Å². The lowest BCUT2D eigenvalue weighted by Crippen LogP contribution is -2.52. The Kier molecular flexibility index (Phi) is 7.35. The summed E-state index contributed by atoms with van der Waals surface area (Å²) in [4.78, 5) is 37.3. The first-order chi connectivity index (χ1) is 10.4. The summed E-state index contributed by atoms with van der Waals surface area (Å²) >= 11 is 0. The Morgan fingerprint density at radius 3 is 2.05 bits per heavy atom. The third-order valence-corrected chi connectivity index (χ3v) is 4.15. The first-order valence-electron chi connectivity index (χ1n) is 8.27. The Balaban J connectivity index is 2.47. The second-order valence-electron chi connectivity index (χ2n) is 6.02. The van der Waals surface area contributed by atoms with E-state index >= 15 is 0 Å². The first-order valence-corrected chi connectivity index (χ1v) is 8.27. The molecule has 0 radical (unpaired) electrons. The second kappa shape index (κ2) is 8.76. The van der Waals surface area contributed by atoms with Crippen LogP contribution in [0.3, 0.4) is 0 Å². The molecule has 1 saturated carbocycles. The van der Waals surface area contributed by atoms with Gasteiger partial charge in [-0.3, -0.25) is 9.59 Å². The quantitative estimate of drug-likeness (QED) is 0.681. The molecule has 6 nitrogen and oxygen atoms in total. The van der Waals surface area contributed by atoms with E-state index in [4.69, 9.17) is 0 Å². The molecule has 0 aromatic carbocycles. The number of hydrogen-bond donors (Lipinski definition) is 2. The number of carbonyl (C=O) groups excluding carboxylic acids is 2. The zero-order chi connectivity index (χ0) is 16.6. The summed E-state index contributed by atoms with van der Waals surface area (Å²) in [6.45, 7) is 5.43. The van der Waals surface area contributed by atoms with Gasteiger partial charge in [0.15, 0.2) is 0 Å². The highest BCUT2D eigenvalue weighted by Crippen LogP contribution is 2.30. The number of aliphatic carboxylic acids is 1. The predicted octanol–water partition coefficient (Wildman–Crippen LogP) is 1.93. The fourth-order valence-electron chi connectivity index (χ4n) is 2.98. The van der Waals surface area contributed by atoms with Crippen LogP contribution in [-0.2, 0) is 14.4 Å². The fourth-order valence-corrected chi connectivity index (χ4v) is 2.98. The van der Waals surface area contributed by atoms with Crippen LogP contribution in [-0.4, -0.2) is 46.4 Å². The van der Waals surface area contributed by atoms with Crippen molar-refractivity contribution in [3.05, 3.63) is 0 Å². The lowest BCUT2D eigenvalue weighted by atomic mass is 9.97. The molecule has 1 fully saturated rings. The number of hydrogen-bond acceptors (Lipinski definition) is 3. The standard InChI is InChI=1S/C16H28N2O4/c1-3-11-18(12-4-2)14(20)8-7-13(19)17-16(15(21)22)9-5-6-10-16/h3-12H2,1-2H3,(H,17,19)(H,21,22). The molecule has 2 amide bonds. The largest absolute Gasteiger partial charge is 0.480 e. The molecule has 2 N–H and O–H groups in total. The van der Waals surface area contributed by atoms with E-state index in [9.17, 15) is 19.5 Å². The van der Waals surface area contributed by atoms with Crippen LogP contribution in [0.5, 0.6) is 0 Å². The van der Waals surface area contributed by atoms with Crippen LogP contribution < -0.4 is 5.32 Å². The topological polar surface area (TPSA) is 86.7 Å².